The van der Waals surface area contributed by atoms with Gasteiger partial charge in [0.2, 0.25) is 0 Å². The van der Waals surface area contributed by atoms with E-state index in [0.717, 1.165) is 12.1 Å². The summed E-state index contributed by atoms with van der Waals surface area (Å²) in [5.74, 6) is -1.19. The average molecular weight is 246 g/mol. The molecule has 0 saturated heterocycles. The smallest absolute Gasteiger partial charge is 0.307 e. The Bertz CT molecular complexity index is 451. The van der Waals surface area contributed by atoms with Crippen molar-refractivity contribution in [2.24, 2.45) is 5.92 Å². The molecule has 0 heterocycles. The van der Waals surface area contributed by atoms with E-state index in [4.69, 9.17) is 10.4 Å². The molecular weight excluding hydrogens is 228 g/mol. The van der Waals surface area contributed by atoms with Crippen molar-refractivity contribution >= 4 is 5.97 Å². The van der Waals surface area contributed by atoms with Gasteiger partial charge < -0.3 is 5.11 Å². The van der Waals surface area contributed by atoms with Crippen LogP contribution in [0.3, 0.4) is 0 Å². The van der Waals surface area contributed by atoms with E-state index in [1.54, 1.807) is 13.0 Å². The van der Waals surface area contributed by atoms with Crippen LogP contribution in [0, 0.1) is 17.2 Å². The van der Waals surface area contributed by atoms with Crippen LogP contribution in [0.5, 0.6) is 0 Å². The minimum absolute atomic E-state index is 0.404. The van der Waals surface area contributed by atoms with Gasteiger partial charge in [-0.2, -0.15) is 5.26 Å². The van der Waals surface area contributed by atoms with Gasteiger partial charge in [-0.1, -0.05) is 32.0 Å². The van der Waals surface area contributed by atoms with Crippen LogP contribution in [0.1, 0.15) is 25.0 Å². The Morgan fingerprint density at radius 2 is 2.17 bits per heavy atom. The minimum atomic E-state index is -0.790. The molecule has 1 N–H and O–H groups in total. The first-order valence-corrected chi connectivity index (χ1v) is 6.01. The Balaban J connectivity index is 2.74. The van der Waals surface area contributed by atoms with Gasteiger partial charge in [0.25, 0.3) is 0 Å². The zero-order valence-electron chi connectivity index (χ0n) is 10.8. The zero-order valence-corrected chi connectivity index (χ0v) is 10.8. The fraction of sp³-hybridized carbons (Fsp3) is 0.429. The molecule has 0 amide bonds. The normalized spacial score (nSPS) is 12.1. The fourth-order valence-electron chi connectivity index (χ4n) is 1.78. The number of nitriles is 1. The van der Waals surface area contributed by atoms with Crippen molar-refractivity contribution in [1.82, 2.24) is 4.90 Å². The number of carboxylic acid groups (broad SMARTS) is 1. The van der Waals surface area contributed by atoms with Crippen molar-refractivity contribution in [2.45, 2.75) is 20.4 Å². The van der Waals surface area contributed by atoms with Crippen LogP contribution in [-0.4, -0.2) is 29.1 Å². The van der Waals surface area contributed by atoms with E-state index >= 15 is 0 Å². The molecule has 1 aromatic rings. The second-order valence-corrected chi connectivity index (χ2v) is 4.34. The standard InChI is InChI=1S/C14H18N2O2/c1-3-16(9-11(2)14(17)18)10-13-7-5-4-6-12(13)8-15/h4-7,11H,3,9-10H2,1-2H3,(H,17,18). The number of carbonyl (C=O) groups is 1. The molecule has 0 spiro atoms. The van der Waals surface area contributed by atoms with Crippen molar-refractivity contribution in [3.05, 3.63) is 35.4 Å². The van der Waals surface area contributed by atoms with Crippen LogP contribution in [0.2, 0.25) is 0 Å². The SMILES string of the molecule is CCN(Cc1ccccc1C#N)CC(C)C(=O)O. The summed E-state index contributed by atoms with van der Waals surface area (Å²) >= 11 is 0. The highest BCUT2D eigenvalue weighted by molar-refractivity contribution is 5.69. The summed E-state index contributed by atoms with van der Waals surface area (Å²) in [6.45, 7) is 5.55. The lowest BCUT2D eigenvalue weighted by Gasteiger charge is -2.22. The predicted octanol–water partition coefficient (Wildman–Crippen LogP) is 2.10. The lowest BCUT2D eigenvalue weighted by Crippen LogP contribution is -2.31. The molecule has 96 valence electrons. The minimum Gasteiger partial charge on any atom is -0.481 e. The molecule has 0 aromatic heterocycles. The van der Waals surface area contributed by atoms with E-state index < -0.39 is 11.9 Å². The number of benzene rings is 1. The highest BCUT2D eigenvalue weighted by atomic mass is 16.4. The first-order valence-electron chi connectivity index (χ1n) is 6.01. The van der Waals surface area contributed by atoms with Gasteiger partial charge in [0, 0.05) is 13.1 Å². The second kappa shape index (κ2) is 6.77. The summed E-state index contributed by atoms with van der Waals surface area (Å²) in [5.41, 5.74) is 1.60. The summed E-state index contributed by atoms with van der Waals surface area (Å²) in [6, 6.07) is 9.57. The Kier molecular flexibility index (Phi) is 5.34. The number of hydrogen-bond acceptors (Lipinski definition) is 3. The third-order valence-corrected chi connectivity index (χ3v) is 2.93. The van der Waals surface area contributed by atoms with E-state index in [2.05, 4.69) is 6.07 Å². The number of hydrogen-bond donors (Lipinski definition) is 1. The molecule has 0 radical (unpaired) electrons. The summed E-state index contributed by atoms with van der Waals surface area (Å²) in [4.78, 5) is 12.9. The molecule has 1 rings (SSSR count). The molecule has 4 heteroatoms. The van der Waals surface area contributed by atoms with Crippen LogP contribution >= 0.6 is 0 Å². The Labute approximate surface area is 107 Å². The van der Waals surface area contributed by atoms with Crippen molar-refractivity contribution in [2.75, 3.05) is 13.1 Å². The van der Waals surface area contributed by atoms with Crippen molar-refractivity contribution in [3.8, 4) is 6.07 Å². The lowest BCUT2D eigenvalue weighted by molar-refractivity contribution is -0.141. The second-order valence-electron chi connectivity index (χ2n) is 4.34. The van der Waals surface area contributed by atoms with Crippen LogP contribution in [0.15, 0.2) is 24.3 Å². The van der Waals surface area contributed by atoms with Crippen molar-refractivity contribution < 1.29 is 9.90 Å². The highest BCUT2D eigenvalue weighted by Gasteiger charge is 2.16. The van der Waals surface area contributed by atoms with E-state index in [1.807, 2.05) is 30.0 Å². The Morgan fingerprint density at radius 1 is 1.50 bits per heavy atom. The summed E-state index contributed by atoms with van der Waals surface area (Å²) in [7, 11) is 0. The molecule has 1 aromatic carbocycles. The molecule has 0 aliphatic carbocycles. The predicted molar refractivity (Wildman–Crippen MR) is 68.9 cm³/mol. The maximum absolute atomic E-state index is 10.8. The molecule has 1 atom stereocenters. The molecule has 4 nitrogen and oxygen atoms in total. The molecule has 0 aliphatic heterocycles. The van der Waals surface area contributed by atoms with Crippen LogP contribution < -0.4 is 0 Å². The number of rotatable bonds is 6. The summed E-state index contributed by atoms with van der Waals surface area (Å²) < 4.78 is 0. The maximum atomic E-state index is 10.8. The average Bonchev–Trinajstić information content (AvgIpc) is 2.38. The number of carboxylic acids is 1. The highest BCUT2D eigenvalue weighted by Crippen LogP contribution is 2.12. The number of aliphatic carboxylic acids is 1. The zero-order chi connectivity index (χ0) is 13.5. The molecule has 18 heavy (non-hydrogen) atoms. The number of nitrogens with zero attached hydrogens (tertiary/aromatic N) is 2. The molecule has 0 bridgehead atoms. The third-order valence-electron chi connectivity index (χ3n) is 2.93. The largest absolute Gasteiger partial charge is 0.481 e. The van der Waals surface area contributed by atoms with Crippen LogP contribution in [0.25, 0.3) is 0 Å². The maximum Gasteiger partial charge on any atom is 0.307 e. The van der Waals surface area contributed by atoms with Crippen LogP contribution in [0.4, 0.5) is 0 Å². The Hall–Kier alpha value is -1.86. The van der Waals surface area contributed by atoms with Crippen molar-refractivity contribution in [1.29, 1.82) is 5.26 Å². The molecule has 0 aliphatic rings. The van der Waals surface area contributed by atoms with Gasteiger partial charge >= 0.3 is 5.97 Å². The van der Waals surface area contributed by atoms with Crippen LogP contribution in [-0.2, 0) is 11.3 Å². The monoisotopic (exact) mass is 246 g/mol. The van der Waals surface area contributed by atoms with Gasteiger partial charge in [-0.25, -0.2) is 0 Å². The Morgan fingerprint density at radius 3 is 2.72 bits per heavy atom. The fourth-order valence-corrected chi connectivity index (χ4v) is 1.78. The van der Waals surface area contributed by atoms with Gasteiger partial charge in [-0.15, -0.1) is 0 Å². The van der Waals surface area contributed by atoms with E-state index in [0.29, 0.717) is 18.7 Å². The van der Waals surface area contributed by atoms with E-state index in [-0.39, 0.29) is 0 Å². The van der Waals surface area contributed by atoms with Crippen molar-refractivity contribution in [3.63, 3.8) is 0 Å². The van der Waals surface area contributed by atoms with Gasteiger partial charge in [0.15, 0.2) is 0 Å². The third kappa shape index (κ3) is 3.86. The first-order chi connectivity index (χ1) is 8.58. The van der Waals surface area contributed by atoms with Gasteiger partial charge in [-0.3, -0.25) is 9.69 Å². The van der Waals surface area contributed by atoms with E-state index in [9.17, 15) is 4.79 Å². The lowest BCUT2D eigenvalue weighted by atomic mass is 10.1. The molecule has 0 fully saturated rings. The topological polar surface area (TPSA) is 64.3 Å². The first kappa shape index (κ1) is 14.2. The molecular formula is C14H18N2O2. The molecule has 1 unspecified atom stereocenters. The quantitative estimate of drug-likeness (QED) is 0.834. The summed E-state index contributed by atoms with van der Waals surface area (Å²) in [5, 5.41) is 17.9. The van der Waals surface area contributed by atoms with Gasteiger partial charge in [0.1, 0.15) is 0 Å². The van der Waals surface area contributed by atoms with Gasteiger partial charge in [-0.05, 0) is 18.2 Å². The van der Waals surface area contributed by atoms with Gasteiger partial charge in [0.05, 0.1) is 17.6 Å². The molecule has 0 saturated carbocycles. The van der Waals surface area contributed by atoms with E-state index in [1.165, 1.54) is 0 Å². The summed E-state index contributed by atoms with van der Waals surface area (Å²) in [6.07, 6.45) is 0.